The normalized spacial score (nSPS) is 22.0. The molecular formula is C23H29N3O. The second-order valence-electron chi connectivity index (χ2n) is 7.47. The minimum atomic E-state index is 0.293. The highest BCUT2D eigenvalue weighted by atomic mass is 16.5. The van der Waals surface area contributed by atoms with Crippen molar-refractivity contribution in [2.75, 3.05) is 26.2 Å². The summed E-state index contributed by atoms with van der Waals surface area (Å²) in [6, 6.07) is 19.4. The van der Waals surface area contributed by atoms with E-state index in [1.165, 1.54) is 16.8 Å². The van der Waals surface area contributed by atoms with Crippen LogP contribution in [0, 0.1) is 5.92 Å². The standard InChI is InChI=1S/C23H29N3O/c1-2-26-15-14-22-21(17-26)23(25-24-22)19-10-12-20(13-11-19)27-16-6-9-18-7-4-3-5-8-18/h3-5,7-8,10-13,21,23,25H,2,6,9,14-17H2,1H3. The lowest BCUT2D eigenvalue weighted by molar-refractivity contribution is 0.238. The van der Waals surface area contributed by atoms with Gasteiger partial charge in [-0.3, -0.25) is 0 Å². The van der Waals surface area contributed by atoms with E-state index in [4.69, 9.17) is 4.74 Å². The van der Waals surface area contributed by atoms with Gasteiger partial charge < -0.3 is 15.1 Å². The molecule has 27 heavy (non-hydrogen) atoms. The van der Waals surface area contributed by atoms with Crippen molar-refractivity contribution >= 4 is 5.71 Å². The van der Waals surface area contributed by atoms with E-state index < -0.39 is 0 Å². The molecule has 2 aromatic carbocycles. The number of hydrogen-bond donors (Lipinski definition) is 1. The lowest BCUT2D eigenvalue weighted by Crippen LogP contribution is -2.41. The van der Waals surface area contributed by atoms with E-state index in [0.29, 0.717) is 12.0 Å². The van der Waals surface area contributed by atoms with Crippen LogP contribution in [0.2, 0.25) is 0 Å². The van der Waals surface area contributed by atoms with Gasteiger partial charge in [0, 0.05) is 31.1 Å². The van der Waals surface area contributed by atoms with Gasteiger partial charge in [0.15, 0.2) is 0 Å². The van der Waals surface area contributed by atoms with E-state index >= 15 is 0 Å². The first-order valence-corrected chi connectivity index (χ1v) is 10.1. The zero-order valence-electron chi connectivity index (χ0n) is 16.1. The van der Waals surface area contributed by atoms with E-state index in [2.05, 4.69) is 76.9 Å². The third-order valence-electron chi connectivity index (χ3n) is 5.72. The molecule has 0 radical (unpaired) electrons. The largest absolute Gasteiger partial charge is 0.494 e. The topological polar surface area (TPSA) is 36.9 Å². The number of piperidine rings is 1. The number of aryl methyl sites for hydroxylation is 1. The molecule has 0 amide bonds. The Morgan fingerprint density at radius 1 is 1.11 bits per heavy atom. The molecule has 4 nitrogen and oxygen atoms in total. The molecule has 0 aliphatic carbocycles. The first-order chi connectivity index (χ1) is 13.3. The number of hydrazone groups is 1. The summed E-state index contributed by atoms with van der Waals surface area (Å²) in [7, 11) is 0. The van der Waals surface area contributed by atoms with Crippen molar-refractivity contribution in [3.05, 3.63) is 65.7 Å². The molecule has 1 fully saturated rings. The van der Waals surface area contributed by atoms with Crippen LogP contribution in [0.15, 0.2) is 59.7 Å². The second kappa shape index (κ2) is 8.57. The molecule has 1 N–H and O–H groups in total. The zero-order chi connectivity index (χ0) is 18.5. The number of ether oxygens (including phenoxy) is 1. The monoisotopic (exact) mass is 363 g/mol. The molecule has 0 spiro atoms. The summed E-state index contributed by atoms with van der Waals surface area (Å²) < 4.78 is 5.93. The quantitative estimate of drug-likeness (QED) is 0.754. The fourth-order valence-corrected chi connectivity index (χ4v) is 4.09. The van der Waals surface area contributed by atoms with Gasteiger partial charge in [-0.2, -0.15) is 5.10 Å². The third kappa shape index (κ3) is 4.33. The zero-order valence-corrected chi connectivity index (χ0v) is 16.1. The van der Waals surface area contributed by atoms with E-state index in [-0.39, 0.29) is 0 Å². The van der Waals surface area contributed by atoms with Crippen LogP contribution in [0.3, 0.4) is 0 Å². The molecule has 0 bridgehead atoms. The van der Waals surface area contributed by atoms with Crippen molar-refractivity contribution < 1.29 is 4.74 Å². The molecular weight excluding hydrogens is 334 g/mol. The summed E-state index contributed by atoms with van der Waals surface area (Å²) in [6.07, 6.45) is 3.17. The van der Waals surface area contributed by atoms with E-state index in [1.54, 1.807) is 0 Å². The average Bonchev–Trinajstić information content (AvgIpc) is 3.15. The first kappa shape index (κ1) is 18.1. The van der Waals surface area contributed by atoms with Crippen molar-refractivity contribution in [2.45, 2.75) is 32.2 Å². The van der Waals surface area contributed by atoms with Crippen LogP contribution in [0.1, 0.15) is 36.9 Å². The molecule has 2 aromatic rings. The molecule has 4 rings (SSSR count). The molecule has 1 saturated heterocycles. The maximum atomic E-state index is 5.93. The van der Waals surface area contributed by atoms with Gasteiger partial charge in [0.2, 0.25) is 0 Å². The third-order valence-corrected chi connectivity index (χ3v) is 5.72. The van der Waals surface area contributed by atoms with Gasteiger partial charge in [-0.15, -0.1) is 0 Å². The van der Waals surface area contributed by atoms with Gasteiger partial charge in [-0.25, -0.2) is 0 Å². The van der Waals surface area contributed by atoms with Crippen LogP contribution in [-0.2, 0) is 6.42 Å². The maximum Gasteiger partial charge on any atom is 0.119 e. The summed E-state index contributed by atoms with van der Waals surface area (Å²) in [4.78, 5) is 2.52. The van der Waals surface area contributed by atoms with Gasteiger partial charge in [0.05, 0.1) is 12.6 Å². The SMILES string of the molecule is CCN1CCC2=NNC(c3ccc(OCCCc4ccccc4)cc3)C2C1. The van der Waals surface area contributed by atoms with Crippen LogP contribution in [-0.4, -0.2) is 36.9 Å². The van der Waals surface area contributed by atoms with Crippen molar-refractivity contribution in [3.8, 4) is 5.75 Å². The molecule has 2 heterocycles. The fourth-order valence-electron chi connectivity index (χ4n) is 4.09. The molecule has 2 aliphatic rings. The van der Waals surface area contributed by atoms with E-state index in [1.807, 2.05) is 0 Å². The highest BCUT2D eigenvalue weighted by Gasteiger charge is 2.36. The van der Waals surface area contributed by atoms with Crippen LogP contribution in [0.4, 0.5) is 0 Å². The number of fused-ring (bicyclic) bond motifs is 1. The van der Waals surface area contributed by atoms with Gasteiger partial charge >= 0.3 is 0 Å². The summed E-state index contributed by atoms with van der Waals surface area (Å²) in [6.45, 7) is 6.34. The lowest BCUT2D eigenvalue weighted by atomic mass is 9.86. The van der Waals surface area contributed by atoms with E-state index in [0.717, 1.165) is 51.3 Å². The minimum Gasteiger partial charge on any atom is -0.494 e. The number of nitrogens with one attached hydrogen (secondary N) is 1. The number of rotatable bonds is 7. The summed E-state index contributed by atoms with van der Waals surface area (Å²) in [5.41, 5.74) is 7.38. The Morgan fingerprint density at radius 2 is 1.93 bits per heavy atom. The van der Waals surface area contributed by atoms with Gasteiger partial charge in [-0.1, -0.05) is 49.4 Å². The van der Waals surface area contributed by atoms with Gasteiger partial charge in [0.1, 0.15) is 5.75 Å². The van der Waals surface area contributed by atoms with Gasteiger partial charge in [-0.05, 0) is 42.6 Å². The molecule has 2 atom stereocenters. The lowest BCUT2D eigenvalue weighted by Gasteiger charge is -2.32. The number of benzene rings is 2. The predicted octanol–water partition coefficient (Wildman–Crippen LogP) is 4.04. The Labute approximate surface area is 162 Å². The van der Waals surface area contributed by atoms with Crippen molar-refractivity contribution in [1.82, 2.24) is 10.3 Å². The summed E-state index contributed by atoms with van der Waals surface area (Å²) in [5, 5.41) is 4.60. The Morgan fingerprint density at radius 3 is 2.70 bits per heavy atom. The number of hydrogen-bond acceptors (Lipinski definition) is 4. The summed E-state index contributed by atoms with van der Waals surface area (Å²) in [5.74, 6) is 1.45. The Bertz CT molecular complexity index is 757. The van der Waals surface area contributed by atoms with Crippen LogP contribution >= 0.6 is 0 Å². The number of nitrogens with zero attached hydrogens (tertiary/aromatic N) is 2. The molecule has 2 aliphatic heterocycles. The Balaban J connectivity index is 1.29. The highest BCUT2D eigenvalue weighted by molar-refractivity contribution is 5.89. The highest BCUT2D eigenvalue weighted by Crippen LogP contribution is 2.33. The van der Waals surface area contributed by atoms with Crippen molar-refractivity contribution in [1.29, 1.82) is 0 Å². The first-order valence-electron chi connectivity index (χ1n) is 10.1. The van der Waals surface area contributed by atoms with E-state index in [9.17, 15) is 0 Å². The van der Waals surface area contributed by atoms with Crippen LogP contribution < -0.4 is 10.2 Å². The Hall–Kier alpha value is -2.33. The fraction of sp³-hybridized carbons (Fsp3) is 0.435. The maximum absolute atomic E-state index is 5.93. The van der Waals surface area contributed by atoms with Crippen LogP contribution in [0.5, 0.6) is 5.75 Å². The smallest absolute Gasteiger partial charge is 0.119 e. The van der Waals surface area contributed by atoms with Crippen molar-refractivity contribution in [3.63, 3.8) is 0 Å². The average molecular weight is 364 g/mol. The molecule has 0 saturated carbocycles. The molecule has 0 aromatic heterocycles. The molecule has 4 heteroatoms. The van der Waals surface area contributed by atoms with Gasteiger partial charge in [0.25, 0.3) is 0 Å². The second-order valence-corrected chi connectivity index (χ2v) is 7.47. The molecule has 2 unspecified atom stereocenters. The van der Waals surface area contributed by atoms with Crippen LogP contribution in [0.25, 0.3) is 0 Å². The molecule has 142 valence electrons. The summed E-state index contributed by atoms with van der Waals surface area (Å²) >= 11 is 0. The predicted molar refractivity (Wildman–Crippen MR) is 110 cm³/mol. The minimum absolute atomic E-state index is 0.293. The number of likely N-dealkylation sites (tertiary alicyclic amines) is 1. The Kier molecular flexibility index (Phi) is 5.73. The van der Waals surface area contributed by atoms with Crippen molar-refractivity contribution in [2.24, 2.45) is 11.0 Å².